The van der Waals surface area contributed by atoms with Crippen LogP contribution in [0.25, 0.3) is 0 Å². The number of fused-ring (bicyclic) bond motifs is 1. The van der Waals surface area contributed by atoms with Crippen LogP contribution in [-0.2, 0) is 13.0 Å². The molecule has 1 aromatic heterocycles. The van der Waals surface area contributed by atoms with E-state index in [1.165, 1.54) is 10.4 Å². The molecule has 0 bridgehead atoms. The number of thiophene rings is 1. The Kier molecular flexibility index (Phi) is 4.15. The molecular formula is C16H16BrNO2S. The van der Waals surface area contributed by atoms with Gasteiger partial charge < -0.3 is 5.11 Å². The van der Waals surface area contributed by atoms with Gasteiger partial charge in [0, 0.05) is 28.5 Å². The molecule has 1 atom stereocenters. The van der Waals surface area contributed by atoms with Gasteiger partial charge in [-0.15, -0.1) is 11.3 Å². The summed E-state index contributed by atoms with van der Waals surface area (Å²) in [5, 5.41) is 11.2. The third kappa shape index (κ3) is 2.91. The molecule has 1 aliphatic rings. The molecule has 0 spiro atoms. The SMILES string of the molecule is CC1c2ccsc2CCN1Cc1ccc(C(=O)O)cc1Br. The zero-order valence-corrected chi connectivity index (χ0v) is 14.1. The van der Waals surface area contributed by atoms with E-state index >= 15 is 0 Å². The number of carbonyl (C=O) groups is 1. The molecule has 0 fully saturated rings. The smallest absolute Gasteiger partial charge is 0.335 e. The van der Waals surface area contributed by atoms with Gasteiger partial charge >= 0.3 is 5.97 Å². The van der Waals surface area contributed by atoms with Gasteiger partial charge in [0.25, 0.3) is 0 Å². The first-order chi connectivity index (χ1) is 10.1. The number of carboxylic acid groups (broad SMARTS) is 1. The number of hydrogen-bond donors (Lipinski definition) is 1. The Bertz CT molecular complexity index is 683. The topological polar surface area (TPSA) is 40.5 Å². The van der Waals surface area contributed by atoms with Crippen molar-refractivity contribution in [3.05, 3.63) is 55.7 Å². The number of hydrogen-bond acceptors (Lipinski definition) is 3. The fraction of sp³-hybridized carbons (Fsp3) is 0.312. The molecule has 1 aromatic carbocycles. The molecule has 0 amide bonds. The molecule has 0 aliphatic carbocycles. The third-order valence-corrected chi connectivity index (χ3v) is 5.81. The highest BCUT2D eigenvalue weighted by Crippen LogP contribution is 2.34. The minimum absolute atomic E-state index is 0.317. The Morgan fingerprint density at radius 2 is 2.29 bits per heavy atom. The molecule has 1 unspecified atom stereocenters. The summed E-state index contributed by atoms with van der Waals surface area (Å²) in [5.74, 6) is -0.892. The van der Waals surface area contributed by atoms with Crippen molar-refractivity contribution in [2.45, 2.75) is 25.9 Å². The standard InChI is InChI=1S/C16H16BrNO2S/c1-10-13-5-7-21-15(13)4-6-18(10)9-12-3-2-11(16(19)20)8-14(12)17/h2-3,5,7-8,10H,4,6,9H2,1H3,(H,19,20). The lowest BCUT2D eigenvalue weighted by atomic mass is 10.0. The van der Waals surface area contributed by atoms with Crippen molar-refractivity contribution in [3.63, 3.8) is 0 Å². The van der Waals surface area contributed by atoms with Gasteiger partial charge in [-0.3, -0.25) is 4.90 Å². The lowest BCUT2D eigenvalue weighted by Gasteiger charge is -2.33. The molecule has 21 heavy (non-hydrogen) atoms. The zero-order valence-electron chi connectivity index (χ0n) is 11.7. The summed E-state index contributed by atoms with van der Waals surface area (Å²) >= 11 is 5.34. The largest absolute Gasteiger partial charge is 0.478 e. The van der Waals surface area contributed by atoms with Crippen molar-refractivity contribution in [2.75, 3.05) is 6.54 Å². The number of rotatable bonds is 3. The Balaban J connectivity index is 1.80. The molecule has 2 aromatic rings. The van der Waals surface area contributed by atoms with Crippen LogP contribution in [0.3, 0.4) is 0 Å². The van der Waals surface area contributed by atoms with Gasteiger partial charge in [0.1, 0.15) is 0 Å². The Morgan fingerprint density at radius 1 is 1.48 bits per heavy atom. The lowest BCUT2D eigenvalue weighted by Crippen LogP contribution is -2.32. The van der Waals surface area contributed by atoms with E-state index in [1.54, 1.807) is 12.1 Å². The fourth-order valence-electron chi connectivity index (χ4n) is 2.80. The van der Waals surface area contributed by atoms with Crippen molar-refractivity contribution in [1.29, 1.82) is 0 Å². The van der Waals surface area contributed by atoms with E-state index in [2.05, 4.69) is 39.2 Å². The van der Waals surface area contributed by atoms with Gasteiger partial charge in [0.15, 0.2) is 0 Å². The summed E-state index contributed by atoms with van der Waals surface area (Å²) < 4.78 is 0.866. The summed E-state index contributed by atoms with van der Waals surface area (Å²) in [4.78, 5) is 14.9. The average molecular weight is 366 g/mol. The summed E-state index contributed by atoms with van der Waals surface area (Å²) in [5.41, 5.74) is 2.88. The molecule has 0 saturated heterocycles. The second-order valence-electron chi connectivity index (χ2n) is 5.31. The molecule has 0 radical (unpaired) electrons. The van der Waals surface area contributed by atoms with Gasteiger partial charge in [0.05, 0.1) is 5.56 Å². The van der Waals surface area contributed by atoms with Crippen molar-refractivity contribution in [1.82, 2.24) is 4.90 Å². The van der Waals surface area contributed by atoms with E-state index in [0.29, 0.717) is 11.6 Å². The van der Waals surface area contributed by atoms with Crippen molar-refractivity contribution in [3.8, 4) is 0 Å². The van der Waals surface area contributed by atoms with E-state index in [0.717, 1.165) is 29.5 Å². The molecule has 110 valence electrons. The van der Waals surface area contributed by atoms with Crippen molar-refractivity contribution >= 4 is 33.2 Å². The predicted octanol–water partition coefficient (Wildman–Crippen LogP) is 4.33. The van der Waals surface area contributed by atoms with E-state index in [4.69, 9.17) is 5.11 Å². The van der Waals surface area contributed by atoms with Gasteiger partial charge in [-0.2, -0.15) is 0 Å². The van der Waals surface area contributed by atoms with Crippen LogP contribution in [0.4, 0.5) is 0 Å². The molecule has 1 N–H and O–H groups in total. The van der Waals surface area contributed by atoms with Gasteiger partial charge in [-0.1, -0.05) is 22.0 Å². The fourth-order valence-corrected chi connectivity index (χ4v) is 4.27. The normalized spacial score (nSPS) is 18.5. The molecule has 3 rings (SSSR count). The van der Waals surface area contributed by atoms with Crippen LogP contribution in [0.15, 0.2) is 34.1 Å². The summed E-state index contributed by atoms with van der Waals surface area (Å²) in [6.45, 7) is 4.11. The highest BCUT2D eigenvalue weighted by molar-refractivity contribution is 9.10. The Labute approximate surface area is 136 Å². The highest BCUT2D eigenvalue weighted by atomic mass is 79.9. The Hall–Kier alpha value is -1.17. The maximum atomic E-state index is 11.0. The maximum Gasteiger partial charge on any atom is 0.335 e. The van der Waals surface area contributed by atoms with E-state index in [9.17, 15) is 4.79 Å². The molecule has 2 heterocycles. The van der Waals surface area contributed by atoms with Crippen LogP contribution in [0, 0.1) is 0 Å². The number of benzene rings is 1. The minimum Gasteiger partial charge on any atom is -0.478 e. The number of nitrogens with zero attached hydrogens (tertiary/aromatic N) is 1. The summed E-state index contributed by atoms with van der Waals surface area (Å²) in [7, 11) is 0. The Morgan fingerprint density at radius 3 is 3.00 bits per heavy atom. The van der Waals surface area contributed by atoms with E-state index in [1.807, 2.05) is 17.4 Å². The first-order valence-electron chi connectivity index (χ1n) is 6.88. The van der Waals surface area contributed by atoms with Crippen molar-refractivity contribution < 1.29 is 9.90 Å². The second-order valence-corrected chi connectivity index (χ2v) is 7.16. The molecule has 0 saturated carbocycles. The van der Waals surface area contributed by atoms with Gasteiger partial charge in [0.2, 0.25) is 0 Å². The van der Waals surface area contributed by atoms with Gasteiger partial charge in [-0.05, 0) is 48.1 Å². The van der Waals surface area contributed by atoms with Crippen LogP contribution >= 0.6 is 27.3 Å². The van der Waals surface area contributed by atoms with Crippen LogP contribution in [0.5, 0.6) is 0 Å². The van der Waals surface area contributed by atoms with Crippen molar-refractivity contribution in [2.24, 2.45) is 0 Å². The lowest BCUT2D eigenvalue weighted by molar-refractivity contribution is 0.0696. The monoisotopic (exact) mass is 365 g/mol. The molecule has 1 aliphatic heterocycles. The second kappa shape index (κ2) is 5.91. The summed E-state index contributed by atoms with van der Waals surface area (Å²) in [6, 6.07) is 7.89. The third-order valence-electron chi connectivity index (χ3n) is 4.08. The minimum atomic E-state index is -0.892. The maximum absolute atomic E-state index is 11.0. The number of aromatic carboxylic acids is 1. The zero-order chi connectivity index (χ0) is 15.0. The molecule has 3 nitrogen and oxygen atoms in total. The number of halogens is 1. The van der Waals surface area contributed by atoms with E-state index < -0.39 is 5.97 Å². The number of carboxylic acids is 1. The summed E-state index contributed by atoms with van der Waals surface area (Å²) in [6.07, 6.45) is 1.10. The van der Waals surface area contributed by atoms with Gasteiger partial charge in [-0.25, -0.2) is 4.79 Å². The van der Waals surface area contributed by atoms with Crippen LogP contribution in [0.1, 0.15) is 39.3 Å². The molecular weight excluding hydrogens is 350 g/mol. The van der Waals surface area contributed by atoms with Crippen LogP contribution < -0.4 is 0 Å². The highest BCUT2D eigenvalue weighted by Gasteiger charge is 2.25. The first-order valence-corrected chi connectivity index (χ1v) is 8.55. The van der Waals surface area contributed by atoms with E-state index in [-0.39, 0.29) is 0 Å². The average Bonchev–Trinajstić information content (AvgIpc) is 2.93. The predicted molar refractivity (Wildman–Crippen MR) is 87.9 cm³/mol. The quantitative estimate of drug-likeness (QED) is 0.879. The van der Waals surface area contributed by atoms with Crippen LogP contribution in [0.2, 0.25) is 0 Å². The molecule has 5 heteroatoms. The first kappa shape index (κ1) is 14.8. The van der Waals surface area contributed by atoms with Crippen LogP contribution in [-0.4, -0.2) is 22.5 Å².